The Morgan fingerprint density at radius 2 is 1.46 bits per heavy atom. The molecule has 0 aliphatic carbocycles. The van der Waals surface area contributed by atoms with Gasteiger partial charge in [-0.1, -0.05) is 67.7 Å². The number of benzene rings is 2. The molecule has 0 unspecified atom stereocenters. The fourth-order valence-electron chi connectivity index (χ4n) is 1.99. The first-order chi connectivity index (χ1) is 10.7. The highest BCUT2D eigenvalue weighted by Crippen LogP contribution is 2.35. The number of hydrogen-bond donors (Lipinski definition) is 3. The summed E-state index contributed by atoms with van der Waals surface area (Å²) in [7, 11) is 0. The van der Waals surface area contributed by atoms with Crippen LogP contribution < -0.4 is 10.6 Å². The lowest BCUT2D eigenvalue weighted by atomic mass is 9.87. The molecule has 0 bridgehead atoms. The van der Waals surface area contributed by atoms with Crippen LogP contribution >= 0.6 is 47.2 Å². The van der Waals surface area contributed by atoms with E-state index >= 15 is 0 Å². The van der Waals surface area contributed by atoms with Crippen LogP contribution in [-0.4, -0.2) is 5.96 Å². The van der Waals surface area contributed by atoms with E-state index in [1.54, 1.807) is 12.1 Å². The first kappa shape index (κ1) is 20.9. The molecule has 0 heterocycles. The predicted molar refractivity (Wildman–Crippen MR) is 109 cm³/mol. The summed E-state index contributed by atoms with van der Waals surface area (Å²) in [5.41, 5.74) is 2.66. The highest BCUT2D eigenvalue weighted by Gasteiger charge is 2.13. The zero-order valence-electron chi connectivity index (χ0n) is 13.5. The van der Waals surface area contributed by atoms with Crippen molar-refractivity contribution >= 4 is 64.5 Å². The van der Waals surface area contributed by atoms with Crippen LogP contribution in [-0.2, 0) is 5.41 Å². The summed E-state index contributed by atoms with van der Waals surface area (Å²) in [5, 5.41) is 14.8. The first-order valence-corrected chi connectivity index (χ1v) is 8.18. The van der Waals surface area contributed by atoms with E-state index in [4.69, 9.17) is 40.2 Å². The number of hydrogen-bond acceptors (Lipinski definition) is 1. The Morgan fingerprint density at radius 1 is 0.875 bits per heavy atom. The standard InChI is InChI=1S/C17H18Cl3N3.ClH/c1-17(2,3)10-4-6-11(7-5-10)22-16(21)23-13-9-8-12(18)14(19)15(13)20;/h4-9H,1-3H3,(H3,21,22,23);1H. The fourth-order valence-corrected chi connectivity index (χ4v) is 2.57. The predicted octanol–water partition coefficient (Wildman–Crippen LogP) is 6.82. The lowest BCUT2D eigenvalue weighted by Gasteiger charge is -2.19. The van der Waals surface area contributed by atoms with Crippen LogP contribution in [0.3, 0.4) is 0 Å². The minimum absolute atomic E-state index is 0. The Bertz CT molecular complexity index is 722. The Morgan fingerprint density at radius 3 is 2.00 bits per heavy atom. The zero-order valence-corrected chi connectivity index (χ0v) is 16.6. The third-order valence-electron chi connectivity index (χ3n) is 3.32. The van der Waals surface area contributed by atoms with Crippen molar-refractivity contribution in [3.05, 3.63) is 57.0 Å². The molecule has 0 saturated carbocycles. The molecule has 130 valence electrons. The quantitative estimate of drug-likeness (QED) is 0.291. The Kier molecular flexibility index (Phi) is 7.24. The molecule has 2 aromatic rings. The van der Waals surface area contributed by atoms with Crippen LogP contribution in [0.5, 0.6) is 0 Å². The second kappa shape index (κ2) is 8.30. The highest BCUT2D eigenvalue weighted by atomic mass is 35.5. The summed E-state index contributed by atoms with van der Waals surface area (Å²) in [6, 6.07) is 11.3. The number of halogens is 4. The lowest BCUT2D eigenvalue weighted by Crippen LogP contribution is -2.21. The van der Waals surface area contributed by atoms with E-state index in [-0.39, 0.29) is 33.8 Å². The highest BCUT2D eigenvalue weighted by molar-refractivity contribution is 6.49. The van der Waals surface area contributed by atoms with E-state index in [1.807, 2.05) is 24.3 Å². The molecule has 0 aliphatic heterocycles. The van der Waals surface area contributed by atoms with E-state index in [9.17, 15) is 0 Å². The third kappa shape index (κ3) is 5.18. The number of guanidine groups is 1. The maximum atomic E-state index is 8.00. The fraction of sp³-hybridized carbons (Fsp3) is 0.235. The van der Waals surface area contributed by atoms with Crippen molar-refractivity contribution in [2.75, 3.05) is 10.6 Å². The topological polar surface area (TPSA) is 47.9 Å². The molecule has 24 heavy (non-hydrogen) atoms. The van der Waals surface area contributed by atoms with Crippen molar-refractivity contribution in [3.8, 4) is 0 Å². The molecule has 0 atom stereocenters. The molecule has 0 radical (unpaired) electrons. The van der Waals surface area contributed by atoms with Crippen LogP contribution in [0.25, 0.3) is 0 Å². The van der Waals surface area contributed by atoms with Gasteiger partial charge in [0.15, 0.2) is 5.96 Å². The minimum atomic E-state index is 0. The number of rotatable bonds is 2. The summed E-state index contributed by atoms with van der Waals surface area (Å²) in [6.07, 6.45) is 0. The molecule has 0 fully saturated rings. The summed E-state index contributed by atoms with van der Waals surface area (Å²) < 4.78 is 0. The van der Waals surface area contributed by atoms with E-state index in [2.05, 4.69) is 31.4 Å². The van der Waals surface area contributed by atoms with Gasteiger partial charge in [0.2, 0.25) is 0 Å². The molecule has 2 aromatic carbocycles. The van der Waals surface area contributed by atoms with E-state index in [1.165, 1.54) is 5.56 Å². The molecule has 0 aromatic heterocycles. The largest absolute Gasteiger partial charge is 0.326 e. The molecule has 2 rings (SSSR count). The summed E-state index contributed by atoms with van der Waals surface area (Å²) in [5.74, 6) is 0.0915. The second-order valence-electron chi connectivity index (χ2n) is 6.18. The van der Waals surface area contributed by atoms with E-state index in [0.717, 1.165) is 5.69 Å². The molecular formula is C17H19Cl4N3. The summed E-state index contributed by atoms with van der Waals surface area (Å²) >= 11 is 18.0. The average molecular weight is 407 g/mol. The lowest BCUT2D eigenvalue weighted by molar-refractivity contribution is 0.590. The van der Waals surface area contributed by atoms with Gasteiger partial charge in [-0.05, 0) is 35.2 Å². The number of anilines is 2. The molecule has 3 nitrogen and oxygen atoms in total. The van der Waals surface area contributed by atoms with Gasteiger partial charge in [-0.15, -0.1) is 12.4 Å². The number of nitrogens with one attached hydrogen (secondary N) is 3. The Hall–Kier alpha value is -1.13. The Labute approximate surface area is 163 Å². The third-order valence-corrected chi connectivity index (χ3v) is 4.61. The van der Waals surface area contributed by atoms with Crippen LogP contribution in [0.2, 0.25) is 15.1 Å². The van der Waals surface area contributed by atoms with E-state index < -0.39 is 0 Å². The van der Waals surface area contributed by atoms with Gasteiger partial charge in [0, 0.05) is 5.69 Å². The minimum Gasteiger partial charge on any atom is -0.326 e. The van der Waals surface area contributed by atoms with Gasteiger partial charge in [0.05, 0.1) is 20.8 Å². The molecule has 0 spiro atoms. The molecule has 0 amide bonds. The summed E-state index contributed by atoms with van der Waals surface area (Å²) in [6.45, 7) is 6.47. The van der Waals surface area contributed by atoms with Crippen molar-refractivity contribution in [1.82, 2.24) is 0 Å². The summed E-state index contributed by atoms with van der Waals surface area (Å²) in [4.78, 5) is 0. The monoisotopic (exact) mass is 405 g/mol. The van der Waals surface area contributed by atoms with Crippen molar-refractivity contribution in [3.63, 3.8) is 0 Å². The smallest absolute Gasteiger partial charge is 0.197 e. The molecule has 7 heteroatoms. The van der Waals surface area contributed by atoms with Gasteiger partial charge in [-0.2, -0.15) is 0 Å². The van der Waals surface area contributed by atoms with E-state index in [0.29, 0.717) is 10.7 Å². The first-order valence-electron chi connectivity index (χ1n) is 7.05. The van der Waals surface area contributed by atoms with Crippen molar-refractivity contribution in [1.29, 1.82) is 5.41 Å². The average Bonchev–Trinajstić information content (AvgIpc) is 2.47. The van der Waals surface area contributed by atoms with Gasteiger partial charge in [-0.25, -0.2) is 0 Å². The normalized spacial score (nSPS) is 10.8. The van der Waals surface area contributed by atoms with Gasteiger partial charge in [-0.3, -0.25) is 5.41 Å². The van der Waals surface area contributed by atoms with Crippen LogP contribution in [0.4, 0.5) is 11.4 Å². The second-order valence-corrected chi connectivity index (χ2v) is 7.34. The van der Waals surface area contributed by atoms with Crippen LogP contribution in [0.1, 0.15) is 26.3 Å². The molecular weight excluding hydrogens is 388 g/mol. The Balaban J connectivity index is 0.00000288. The van der Waals surface area contributed by atoms with Crippen molar-refractivity contribution < 1.29 is 0 Å². The molecule has 3 N–H and O–H groups in total. The van der Waals surface area contributed by atoms with Gasteiger partial charge >= 0.3 is 0 Å². The van der Waals surface area contributed by atoms with Crippen LogP contribution in [0.15, 0.2) is 36.4 Å². The van der Waals surface area contributed by atoms with Crippen LogP contribution in [0, 0.1) is 5.41 Å². The maximum absolute atomic E-state index is 8.00. The molecule has 0 saturated heterocycles. The maximum Gasteiger partial charge on any atom is 0.197 e. The zero-order chi connectivity index (χ0) is 17.2. The van der Waals surface area contributed by atoms with Gasteiger partial charge in [0.1, 0.15) is 0 Å². The van der Waals surface area contributed by atoms with Gasteiger partial charge < -0.3 is 10.6 Å². The van der Waals surface area contributed by atoms with Gasteiger partial charge in [0.25, 0.3) is 0 Å². The SMILES string of the molecule is CC(C)(C)c1ccc(NC(=N)Nc2ccc(Cl)c(Cl)c2Cl)cc1.Cl. The van der Waals surface area contributed by atoms with Crippen molar-refractivity contribution in [2.45, 2.75) is 26.2 Å². The van der Waals surface area contributed by atoms with Crippen molar-refractivity contribution in [2.24, 2.45) is 0 Å². The molecule has 0 aliphatic rings.